The van der Waals surface area contributed by atoms with Crippen LogP contribution in [0.1, 0.15) is 271 Å². The summed E-state index contributed by atoms with van der Waals surface area (Å²) in [6.45, 7) is 3.42. The number of ether oxygens (including phenoxy) is 2. The Morgan fingerprint density at radius 3 is 1.25 bits per heavy atom. The molecule has 0 aromatic rings. The molecule has 11 nitrogen and oxygen atoms in total. The Hall–Kier alpha value is -1.41. The van der Waals surface area contributed by atoms with Gasteiger partial charge in [-0.1, -0.05) is 231 Å². The number of nitrogens with one attached hydrogen (secondary N) is 1. The number of unbranched alkanes of at least 4 members (excludes halogenated alkanes) is 34. The van der Waals surface area contributed by atoms with Crippen LogP contribution in [0.3, 0.4) is 0 Å². The van der Waals surface area contributed by atoms with Gasteiger partial charge in [-0.05, 0) is 64.2 Å². The van der Waals surface area contributed by atoms with Crippen LogP contribution in [0, 0.1) is 0 Å². The lowest BCUT2D eigenvalue weighted by Crippen LogP contribution is -2.60. The number of hydrogen-bond donors (Lipinski definition) is 8. The quantitative estimate of drug-likeness (QED) is 0.0215. The molecule has 1 saturated heterocycles. The van der Waals surface area contributed by atoms with Gasteiger partial charge in [0.2, 0.25) is 5.91 Å². The number of allylic oxidation sites excluding steroid dienone is 4. The fourth-order valence-corrected chi connectivity index (χ4v) is 9.44. The molecule has 1 rings (SSSR count). The molecule has 1 fully saturated rings. The third-order valence-corrected chi connectivity index (χ3v) is 14.2. The maximum atomic E-state index is 13.1. The van der Waals surface area contributed by atoms with E-state index in [9.17, 15) is 40.5 Å². The molecule has 0 aromatic carbocycles. The van der Waals surface area contributed by atoms with Crippen molar-refractivity contribution >= 4 is 5.91 Å². The molecule has 0 aromatic heterocycles. The Morgan fingerprint density at radius 2 is 0.855 bits per heavy atom. The Balaban J connectivity index is 2.16. The second kappa shape index (κ2) is 47.6. The lowest BCUT2D eigenvalue weighted by atomic mass is 9.98. The van der Waals surface area contributed by atoms with Crippen LogP contribution < -0.4 is 5.32 Å². The van der Waals surface area contributed by atoms with Crippen molar-refractivity contribution in [3.05, 3.63) is 24.3 Å². The number of rotatable bonds is 50. The monoisotopic (exact) mass is 982 g/mol. The van der Waals surface area contributed by atoms with E-state index in [1.807, 2.05) is 0 Å². The molecule has 0 saturated carbocycles. The normalized spacial score (nSPS) is 20.5. The molecular weight excluding hydrogens is 871 g/mol. The predicted molar refractivity (Wildman–Crippen MR) is 284 cm³/mol. The zero-order valence-electron chi connectivity index (χ0n) is 44.6. The summed E-state index contributed by atoms with van der Waals surface area (Å²) in [5, 5.41) is 75.8. The molecular formula is C58H111NO10. The highest BCUT2D eigenvalue weighted by Crippen LogP contribution is 2.23. The van der Waals surface area contributed by atoms with Crippen LogP contribution in [-0.4, -0.2) is 110 Å². The molecule has 408 valence electrons. The van der Waals surface area contributed by atoms with Gasteiger partial charge in [0.1, 0.15) is 36.6 Å². The first-order valence-corrected chi connectivity index (χ1v) is 29.2. The van der Waals surface area contributed by atoms with Crippen molar-refractivity contribution in [2.75, 3.05) is 13.2 Å². The molecule has 1 heterocycles. The first-order valence-electron chi connectivity index (χ1n) is 29.2. The van der Waals surface area contributed by atoms with Crippen LogP contribution in [0.2, 0.25) is 0 Å². The Morgan fingerprint density at radius 1 is 0.493 bits per heavy atom. The van der Waals surface area contributed by atoms with Gasteiger partial charge in [0, 0.05) is 0 Å². The van der Waals surface area contributed by atoms with E-state index >= 15 is 0 Å². The summed E-state index contributed by atoms with van der Waals surface area (Å²) in [5.74, 6) is -0.705. The summed E-state index contributed by atoms with van der Waals surface area (Å²) in [6, 6.07) is -1.18. The zero-order valence-corrected chi connectivity index (χ0v) is 44.6. The first-order chi connectivity index (χ1) is 33.7. The van der Waals surface area contributed by atoms with E-state index in [1.54, 1.807) is 0 Å². The van der Waals surface area contributed by atoms with Crippen molar-refractivity contribution in [1.29, 1.82) is 0 Å². The number of carbonyl (C=O) groups is 1. The molecule has 0 bridgehead atoms. The maximum absolute atomic E-state index is 13.1. The van der Waals surface area contributed by atoms with Crippen LogP contribution in [0.4, 0.5) is 0 Å². The summed E-state index contributed by atoms with van der Waals surface area (Å²) in [5.41, 5.74) is 0. The molecule has 9 atom stereocenters. The van der Waals surface area contributed by atoms with Gasteiger partial charge in [0.15, 0.2) is 6.29 Å². The molecule has 1 aliphatic rings. The average Bonchev–Trinajstić information content (AvgIpc) is 3.35. The fourth-order valence-electron chi connectivity index (χ4n) is 9.44. The van der Waals surface area contributed by atoms with Crippen LogP contribution >= 0.6 is 0 Å². The summed E-state index contributed by atoms with van der Waals surface area (Å²) in [6.07, 6.45) is 45.6. The maximum Gasteiger partial charge on any atom is 0.249 e. The SMILES string of the molecule is CCCCCCC/C=C/CCCC(O)C(O)C(COC1OC(CO)C(O)C(O)C1O)NC(=O)C(O)CCCCCCCCCCCCCCCCCC/C=C\CCCCCCCCCCCCCC. The Bertz CT molecular complexity index is 1170. The van der Waals surface area contributed by atoms with E-state index in [-0.39, 0.29) is 12.8 Å². The third-order valence-electron chi connectivity index (χ3n) is 14.2. The van der Waals surface area contributed by atoms with Crippen LogP contribution in [0.5, 0.6) is 0 Å². The average molecular weight is 983 g/mol. The highest BCUT2D eigenvalue weighted by atomic mass is 16.7. The molecule has 0 radical (unpaired) electrons. The van der Waals surface area contributed by atoms with Crippen molar-refractivity contribution in [2.45, 2.75) is 326 Å². The first kappa shape index (κ1) is 65.6. The van der Waals surface area contributed by atoms with E-state index in [4.69, 9.17) is 9.47 Å². The van der Waals surface area contributed by atoms with E-state index < -0.39 is 74.2 Å². The molecule has 9 unspecified atom stereocenters. The van der Waals surface area contributed by atoms with E-state index in [2.05, 4.69) is 43.5 Å². The molecule has 0 spiro atoms. The number of carbonyl (C=O) groups excluding carboxylic acids is 1. The molecule has 8 N–H and O–H groups in total. The Labute approximate surface area is 423 Å². The molecule has 1 amide bonds. The van der Waals surface area contributed by atoms with E-state index in [0.29, 0.717) is 12.8 Å². The molecule has 0 aliphatic carbocycles. The fraction of sp³-hybridized carbons (Fsp3) is 0.914. The number of hydrogen-bond acceptors (Lipinski definition) is 10. The smallest absolute Gasteiger partial charge is 0.249 e. The summed E-state index contributed by atoms with van der Waals surface area (Å²) in [4.78, 5) is 13.1. The van der Waals surface area contributed by atoms with Crippen molar-refractivity contribution in [1.82, 2.24) is 5.32 Å². The van der Waals surface area contributed by atoms with Gasteiger partial charge in [-0.2, -0.15) is 0 Å². The van der Waals surface area contributed by atoms with Gasteiger partial charge in [-0.3, -0.25) is 4.79 Å². The standard InChI is InChI=1S/C58H111NO10/c1-3-5-7-9-11-13-15-16-17-18-19-20-21-22-23-24-25-26-27-28-29-30-31-32-33-34-35-36-38-40-42-44-46-51(62)57(67)59-49(48-68-58-56(66)55(65)54(64)52(47-60)69-58)53(63)50(61)45-43-41-39-37-14-12-10-8-6-4-2/h22-23,37,39,49-56,58,60-66H,3-21,24-36,38,40-48H2,1-2H3,(H,59,67)/b23-22-,39-37+. The van der Waals surface area contributed by atoms with Gasteiger partial charge < -0.3 is 50.5 Å². The van der Waals surface area contributed by atoms with Crippen LogP contribution in [0.15, 0.2) is 24.3 Å². The van der Waals surface area contributed by atoms with E-state index in [0.717, 1.165) is 38.5 Å². The summed E-state index contributed by atoms with van der Waals surface area (Å²) >= 11 is 0. The van der Waals surface area contributed by atoms with Crippen molar-refractivity contribution < 1.29 is 50.0 Å². The zero-order chi connectivity index (χ0) is 50.4. The highest BCUT2D eigenvalue weighted by molar-refractivity contribution is 5.80. The third kappa shape index (κ3) is 36.2. The van der Waals surface area contributed by atoms with Gasteiger partial charge in [-0.25, -0.2) is 0 Å². The second-order valence-corrected chi connectivity index (χ2v) is 20.7. The van der Waals surface area contributed by atoms with Crippen molar-refractivity contribution in [3.63, 3.8) is 0 Å². The number of aliphatic hydroxyl groups excluding tert-OH is 7. The minimum Gasteiger partial charge on any atom is -0.394 e. The molecule has 69 heavy (non-hydrogen) atoms. The van der Waals surface area contributed by atoms with Crippen LogP contribution in [-0.2, 0) is 14.3 Å². The second-order valence-electron chi connectivity index (χ2n) is 20.7. The largest absolute Gasteiger partial charge is 0.394 e. The lowest BCUT2D eigenvalue weighted by molar-refractivity contribution is -0.303. The summed E-state index contributed by atoms with van der Waals surface area (Å²) < 4.78 is 11.1. The minimum absolute atomic E-state index is 0.257. The van der Waals surface area contributed by atoms with Crippen molar-refractivity contribution in [2.24, 2.45) is 0 Å². The van der Waals surface area contributed by atoms with Crippen molar-refractivity contribution in [3.8, 4) is 0 Å². The minimum atomic E-state index is -1.67. The molecule has 11 heteroatoms. The Kier molecular flexibility index (Phi) is 45.2. The van der Waals surface area contributed by atoms with Gasteiger partial charge in [0.05, 0.1) is 25.4 Å². The van der Waals surface area contributed by atoms with Gasteiger partial charge in [-0.15, -0.1) is 0 Å². The predicted octanol–water partition coefficient (Wildman–Crippen LogP) is 12.1. The lowest BCUT2D eigenvalue weighted by Gasteiger charge is -2.40. The number of aliphatic hydroxyl groups is 7. The van der Waals surface area contributed by atoms with Crippen LogP contribution in [0.25, 0.3) is 0 Å². The highest BCUT2D eigenvalue weighted by Gasteiger charge is 2.44. The van der Waals surface area contributed by atoms with E-state index in [1.165, 1.54) is 193 Å². The van der Waals surface area contributed by atoms with Gasteiger partial charge in [0.25, 0.3) is 0 Å². The number of amides is 1. The van der Waals surface area contributed by atoms with Gasteiger partial charge >= 0.3 is 0 Å². The molecule has 1 aliphatic heterocycles. The topological polar surface area (TPSA) is 189 Å². The summed E-state index contributed by atoms with van der Waals surface area (Å²) in [7, 11) is 0.